The largest absolute Gasteiger partial charge is 0.466 e. The first-order chi connectivity index (χ1) is 11.3. The van der Waals surface area contributed by atoms with Gasteiger partial charge >= 0.3 is 5.97 Å². The lowest BCUT2D eigenvalue weighted by atomic mass is 10.2. The lowest BCUT2D eigenvalue weighted by Crippen LogP contribution is -2.61. The summed E-state index contributed by atoms with van der Waals surface area (Å²) in [5.41, 5.74) is 0. The maximum Gasteiger partial charge on any atom is 0.302 e. The van der Waals surface area contributed by atoms with E-state index in [4.69, 9.17) is 4.74 Å². The molecule has 132 valence electrons. The van der Waals surface area contributed by atoms with Crippen molar-refractivity contribution >= 4 is 19.2 Å². The normalized spacial score (nSPS) is 13.5. The van der Waals surface area contributed by atoms with Gasteiger partial charge in [0, 0.05) is 13.3 Å². The molecule has 1 rings (SSSR count). The summed E-state index contributed by atoms with van der Waals surface area (Å²) in [6.45, 7) is 8.17. The topological polar surface area (TPSA) is 46.5 Å². The summed E-state index contributed by atoms with van der Waals surface area (Å²) in [6.07, 6.45) is 4.08. The number of benzene rings is 1. The number of hydrogen-bond acceptors (Lipinski definition) is 3. The maximum atomic E-state index is 11.4. The second kappa shape index (κ2) is 9.66. The van der Waals surface area contributed by atoms with Gasteiger partial charge < -0.3 is 9.84 Å². The first kappa shape index (κ1) is 20.5. The van der Waals surface area contributed by atoms with Crippen molar-refractivity contribution < 1.29 is 14.6 Å². The number of carbonyl (C=O) groups excluding carboxylic acids is 1. The third-order valence-electron chi connectivity index (χ3n) is 4.47. The van der Waals surface area contributed by atoms with Gasteiger partial charge in [-0.05, 0) is 19.3 Å². The molecule has 0 bridgehead atoms. The predicted molar refractivity (Wildman–Crippen MR) is 102 cm³/mol. The van der Waals surface area contributed by atoms with Gasteiger partial charge in [-0.3, -0.25) is 4.79 Å². The molecule has 3 nitrogen and oxygen atoms in total. The number of aliphatic hydroxyl groups is 1. The van der Waals surface area contributed by atoms with Crippen LogP contribution in [-0.2, 0) is 9.53 Å². The average Bonchev–Trinajstić information content (AvgIpc) is 2.56. The van der Waals surface area contributed by atoms with E-state index in [9.17, 15) is 9.90 Å². The zero-order chi connectivity index (χ0) is 18.1. The molecule has 0 spiro atoms. The van der Waals surface area contributed by atoms with Crippen LogP contribution in [0.1, 0.15) is 46.0 Å². The molecule has 1 atom stereocenters. The Kier molecular flexibility index (Phi) is 8.24. The molecule has 1 aromatic rings. The van der Waals surface area contributed by atoms with E-state index in [0.29, 0.717) is 19.4 Å². The van der Waals surface area contributed by atoms with Crippen LogP contribution in [-0.4, -0.2) is 31.0 Å². The molecule has 1 N–H and O–H groups in total. The van der Waals surface area contributed by atoms with E-state index in [1.165, 1.54) is 12.1 Å². The zero-order valence-electron chi connectivity index (χ0n) is 15.4. The molecular formula is C20H30O3Si. The summed E-state index contributed by atoms with van der Waals surface area (Å²) in [6, 6.07) is 10.2. The molecule has 0 amide bonds. The van der Waals surface area contributed by atoms with E-state index in [1.54, 1.807) is 0 Å². The lowest BCUT2D eigenvalue weighted by molar-refractivity contribution is -0.141. The molecule has 0 fully saturated rings. The summed E-state index contributed by atoms with van der Waals surface area (Å²) in [5.74, 6) is 6.08. The molecule has 1 unspecified atom stereocenters. The van der Waals surface area contributed by atoms with Crippen LogP contribution in [0.4, 0.5) is 0 Å². The molecule has 4 heteroatoms. The smallest absolute Gasteiger partial charge is 0.302 e. The van der Waals surface area contributed by atoms with Crippen LogP contribution in [0.5, 0.6) is 0 Å². The fourth-order valence-corrected chi connectivity index (χ4v) is 5.35. The third-order valence-corrected chi connectivity index (χ3v) is 8.69. The van der Waals surface area contributed by atoms with Crippen LogP contribution in [0, 0.1) is 11.8 Å². The van der Waals surface area contributed by atoms with Crippen molar-refractivity contribution in [3.8, 4) is 11.8 Å². The minimum atomic E-state index is -2.23. The van der Waals surface area contributed by atoms with Gasteiger partial charge in [-0.2, -0.15) is 0 Å². The lowest BCUT2D eigenvalue weighted by Gasteiger charge is -2.38. The van der Waals surface area contributed by atoms with Crippen LogP contribution in [0.2, 0.25) is 13.1 Å². The maximum absolute atomic E-state index is 11.4. The van der Waals surface area contributed by atoms with Crippen molar-refractivity contribution in [3.63, 3.8) is 0 Å². The van der Waals surface area contributed by atoms with Crippen molar-refractivity contribution in [2.75, 3.05) is 6.61 Å². The highest BCUT2D eigenvalue weighted by Crippen LogP contribution is 2.26. The number of rotatable bonds is 8. The quantitative estimate of drug-likeness (QED) is 0.340. The molecule has 0 saturated carbocycles. The number of ether oxygens (including phenoxy) is 1. The van der Waals surface area contributed by atoms with E-state index in [2.05, 4.69) is 44.0 Å². The minimum absolute atomic E-state index is 0.285. The highest BCUT2D eigenvalue weighted by molar-refractivity contribution is 6.92. The number of hydrogen-bond donors (Lipinski definition) is 1. The third kappa shape index (κ3) is 5.81. The molecule has 0 aliphatic rings. The molecular weight excluding hydrogens is 316 g/mol. The Morgan fingerprint density at radius 3 is 2.50 bits per heavy atom. The molecule has 24 heavy (non-hydrogen) atoms. The Morgan fingerprint density at radius 1 is 1.25 bits per heavy atom. The van der Waals surface area contributed by atoms with Crippen LogP contribution in [0.15, 0.2) is 30.3 Å². The number of unbranched alkanes of at least 4 members (excludes halogenated alkanes) is 2. The standard InChI is InChI=1S/C20H30O3Si/c1-5-6-7-11-15-20(22,16-12-17-23-18(2)21)24(3,4)19-13-9-8-10-14-19/h8-10,13-14,22H,5-7,12,16-17H2,1-4H3. The summed E-state index contributed by atoms with van der Waals surface area (Å²) in [4.78, 5) is 10.9. The monoisotopic (exact) mass is 346 g/mol. The van der Waals surface area contributed by atoms with E-state index < -0.39 is 13.3 Å². The Bertz CT molecular complexity index is 572. The Labute approximate surface area is 147 Å². The second-order valence-electron chi connectivity index (χ2n) is 6.70. The van der Waals surface area contributed by atoms with Gasteiger partial charge in [-0.25, -0.2) is 0 Å². The van der Waals surface area contributed by atoms with Crippen molar-refractivity contribution in [3.05, 3.63) is 30.3 Å². The van der Waals surface area contributed by atoms with Gasteiger partial charge in [0.05, 0.1) is 6.61 Å². The summed E-state index contributed by atoms with van der Waals surface area (Å²) < 4.78 is 5.02. The highest BCUT2D eigenvalue weighted by Gasteiger charge is 2.45. The zero-order valence-corrected chi connectivity index (χ0v) is 16.4. The molecule has 1 aromatic carbocycles. The Hall–Kier alpha value is -1.57. The minimum Gasteiger partial charge on any atom is -0.466 e. The fourth-order valence-electron chi connectivity index (χ4n) is 2.64. The van der Waals surface area contributed by atoms with Crippen molar-refractivity contribution in [1.29, 1.82) is 0 Å². The van der Waals surface area contributed by atoms with E-state index in [0.717, 1.165) is 19.3 Å². The van der Waals surface area contributed by atoms with Crippen LogP contribution < -0.4 is 5.19 Å². The molecule has 0 heterocycles. The van der Waals surface area contributed by atoms with Crippen molar-refractivity contribution in [2.24, 2.45) is 0 Å². The van der Waals surface area contributed by atoms with E-state index in [-0.39, 0.29) is 5.97 Å². The molecule has 0 aliphatic heterocycles. The Morgan fingerprint density at radius 2 is 1.92 bits per heavy atom. The van der Waals surface area contributed by atoms with Crippen molar-refractivity contribution in [1.82, 2.24) is 0 Å². The van der Waals surface area contributed by atoms with Crippen LogP contribution in [0.25, 0.3) is 0 Å². The summed E-state index contributed by atoms with van der Waals surface area (Å²) in [7, 11) is -2.23. The first-order valence-corrected chi connectivity index (χ1v) is 11.7. The predicted octanol–water partition coefficient (Wildman–Crippen LogP) is 3.41. The first-order valence-electron chi connectivity index (χ1n) is 8.75. The van der Waals surface area contributed by atoms with Gasteiger partial charge in [-0.15, -0.1) is 5.92 Å². The van der Waals surface area contributed by atoms with Crippen LogP contribution in [0.3, 0.4) is 0 Å². The second-order valence-corrected chi connectivity index (χ2v) is 11.4. The molecule has 0 radical (unpaired) electrons. The SMILES string of the molecule is CCCCC#CC(O)(CCCOC(C)=O)[Si](C)(C)c1ccccc1. The van der Waals surface area contributed by atoms with E-state index in [1.807, 2.05) is 18.2 Å². The van der Waals surface area contributed by atoms with Gasteiger partial charge in [0.25, 0.3) is 0 Å². The van der Waals surface area contributed by atoms with Crippen molar-refractivity contribution in [2.45, 2.75) is 64.3 Å². The fraction of sp³-hybridized carbons (Fsp3) is 0.550. The van der Waals surface area contributed by atoms with Gasteiger partial charge in [0.15, 0.2) is 0 Å². The van der Waals surface area contributed by atoms with Gasteiger partial charge in [0.2, 0.25) is 0 Å². The summed E-state index contributed by atoms with van der Waals surface area (Å²) >= 11 is 0. The molecule has 0 saturated heterocycles. The Balaban J connectivity index is 2.97. The number of carbonyl (C=O) groups is 1. The average molecular weight is 347 g/mol. The highest BCUT2D eigenvalue weighted by atomic mass is 28.3. The summed E-state index contributed by atoms with van der Waals surface area (Å²) in [5, 5.41) is 11.6. The van der Waals surface area contributed by atoms with Crippen LogP contribution >= 0.6 is 0 Å². The number of esters is 1. The molecule has 0 aromatic heterocycles. The molecule has 0 aliphatic carbocycles. The van der Waals surface area contributed by atoms with Gasteiger partial charge in [-0.1, -0.05) is 67.9 Å². The van der Waals surface area contributed by atoms with Gasteiger partial charge in [0.1, 0.15) is 13.3 Å². The van der Waals surface area contributed by atoms with E-state index >= 15 is 0 Å².